The SMILES string of the molecule is CCC(=O)C(C)N(C)CC(C)O. The minimum absolute atomic E-state index is 0.0791. The van der Waals surface area contributed by atoms with Crippen LogP contribution in [0.3, 0.4) is 0 Å². The fraction of sp³-hybridized carbons (Fsp3) is 0.889. The van der Waals surface area contributed by atoms with Crippen molar-refractivity contribution in [1.82, 2.24) is 4.90 Å². The molecule has 0 spiro atoms. The van der Waals surface area contributed by atoms with Crippen LogP contribution in [0.5, 0.6) is 0 Å². The van der Waals surface area contributed by atoms with E-state index in [-0.39, 0.29) is 17.9 Å². The Labute approximate surface area is 74.4 Å². The van der Waals surface area contributed by atoms with Crippen LogP contribution in [-0.4, -0.2) is 41.5 Å². The van der Waals surface area contributed by atoms with E-state index in [0.29, 0.717) is 13.0 Å². The lowest BCUT2D eigenvalue weighted by Gasteiger charge is -2.24. The van der Waals surface area contributed by atoms with E-state index in [4.69, 9.17) is 5.11 Å². The van der Waals surface area contributed by atoms with Crippen LogP contribution < -0.4 is 0 Å². The molecule has 0 bridgehead atoms. The zero-order valence-corrected chi connectivity index (χ0v) is 8.37. The van der Waals surface area contributed by atoms with E-state index in [1.165, 1.54) is 0 Å². The average molecular weight is 173 g/mol. The molecular weight excluding hydrogens is 154 g/mol. The zero-order chi connectivity index (χ0) is 9.72. The number of hydrogen-bond donors (Lipinski definition) is 1. The van der Waals surface area contributed by atoms with Crippen LogP contribution in [0, 0.1) is 0 Å². The Kier molecular flexibility index (Phi) is 5.09. The van der Waals surface area contributed by atoms with Gasteiger partial charge in [-0.05, 0) is 20.9 Å². The summed E-state index contributed by atoms with van der Waals surface area (Å²) in [6.45, 7) is 6.00. The van der Waals surface area contributed by atoms with Crippen molar-refractivity contribution in [2.24, 2.45) is 0 Å². The van der Waals surface area contributed by atoms with Crippen molar-refractivity contribution in [2.45, 2.75) is 39.3 Å². The molecule has 3 heteroatoms. The second-order valence-corrected chi connectivity index (χ2v) is 3.28. The third kappa shape index (κ3) is 3.83. The van der Waals surface area contributed by atoms with Gasteiger partial charge in [0.15, 0.2) is 0 Å². The molecule has 0 aliphatic heterocycles. The average Bonchev–Trinajstić information content (AvgIpc) is 2.00. The summed E-state index contributed by atoms with van der Waals surface area (Å²) in [6, 6.07) is -0.0791. The van der Waals surface area contributed by atoms with Gasteiger partial charge in [-0.25, -0.2) is 0 Å². The summed E-state index contributed by atoms with van der Waals surface area (Å²) in [4.78, 5) is 13.1. The largest absolute Gasteiger partial charge is 0.392 e. The number of likely N-dealkylation sites (N-methyl/N-ethyl adjacent to an activating group) is 1. The Balaban J connectivity index is 3.91. The first-order valence-electron chi connectivity index (χ1n) is 4.40. The van der Waals surface area contributed by atoms with Gasteiger partial charge in [0.05, 0.1) is 12.1 Å². The molecule has 12 heavy (non-hydrogen) atoms. The maximum absolute atomic E-state index is 11.2. The van der Waals surface area contributed by atoms with Crippen molar-refractivity contribution in [3.05, 3.63) is 0 Å². The van der Waals surface area contributed by atoms with Crippen LogP contribution in [0.2, 0.25) is 0 Å². The van der Waals surface area contributed by atoms with Gasteiger partial charge in [0.1, 0.15) is 5.78 Å². The van der Waals surface area contributed by atoms with Gasteiger partial charge in [0.2, 0.25) is 0 Å². The van der Waals surface area contributed by atoms with E-state index in [1.807, 2.05) is 25.8 Å². The van der Waals surface area contributed by atoms with Crippen LogP contribution in [0.1, 0.15) is 27.2 Å². The predicted molar refractivity (Wildman–Crippen MR) is 49.1 cm³/mol. The van der Waals surface area contributed by atoms with Crippen LogP contribution in [0.15, 0.2) is 0 Å². The van der Waals surface area contributed by atoms with Gasteiger partial charge >= 0.3 is 0 Å². The van der Waals surface area contributed by atoms with Crippen molar-refractivity contribution >= 4 is 5.78 Å². The molecule has 2 unspecified atom stereocenters. The lowest BCUT2D eigenvalue weighted by atomic mass is 10.1. The standard InChI is InChI=1S/C9H19NO2/c1-5-9(12)8(3)10(4)6-7(2)11/h7-8,11H,5-6H2,1-4H3. The molecule has 0 aliphatic rings. The molecule has 0 saturated carbocycles. The van der Waals surface area contributed by atoms with Crippen LogP contribution in [-0.2, 0) is 4.79 Å². The number of carbonyl (C=O) groups excluding carboxylic acids is 1. The molecule has 1 N–H and O–H groups in total. The fourth-order valence-electron chi connectivity index (χ4n) is 1.12. The molecule has 0 heterocycles. The molecule has 0 aromatic carbocycles. The molecule has 72 valence electrons. The van der Waals surface area contributed by atoms with E-state index in [9.17, 15) is 4.79 Å². The summed E-state index contributed by atoms with van der Waals surface area (Å²) in [7, 11) is 1.85. The van der Waals surface area contributed by atoms with E-state index in [1.54, 1.807) is 6.92 Å². The number of aliphatic hydroxyl groups is 1. The molecule has 0 rings (SSSR count). The highest BCUT2D eigenvalue weighted by molar-refractivity contribution is 5.83. The van der Waals surface area contributed by atoms with Crippen LogP contribution in [0.4, 0.5) is 0 Å². The van der Waals surface area contributed by atoms with Gasteiger partial charge in [-0.15, -0.1) is 0 Å². The van der Waals surface area contributed by atoms with E-state index >= 15 is 0 Å². The van der Waals surface area contributed by atoms with E-state index in [2.05, 4.69) is 0 Å². The molecule has 0 fully saturated rings. The Bertz CT molecular complexity index is 145. The molecule has 3 nitrogen and oxygen atoms in total. The first-order chi connectivity index (χ1) is 5.49. The first kappa shape index (κ1) is 11.6. The second kappa shape index (κ2) is 5.27. The van der Waals surface area contributed by atoms with Gasteiger partial charge in [-0.2, -0.15) is 0 Å². The summed E-state index contributed by atoms with van der Waals surface area (Å²) in [6.07, 6.45) is 0.188. The molecule has 0 aromatic heterocycles. The maximum Gasteiger partial charge on any atom is 0.149 e. The number of carbonyl (C=O) groups is 1. The zero-order valence-electron chi connectivity index (χ0n) is 8.37. The molecule has 0 aliphatic carbocycles. The van der Waals surface area contributed by atoms with E-state index < -0.39 is 0 Å². The normalized spacial score (nSPS) is 16.2. The number of rotatable bonds is 5. The Hall–Kier alpha value is -0.410. The quantitative estimate of drug-likeness (QED) is 0.664. The van der Waals surface area contributed by atoms with Gasteiger partial charge in [0, 0.05) is 13.0 Å². The second-order valence-electron chi connectivity index (χ2n) is 3.28. The highest BCUT2D eigenvalue weighted by Crippen LogP contribution is 2.00. The molecule has 0 amide bonds. The summed E-state index contributed by atoms with van der Waals surface area (Å²) in [5.41, 5.74) is 0. The van der Waals surface area contributed by atoms with Crippen molar-refractivity contribution in [3.8, 4) is 0 Å². The van der Waals surface area contributed by atoms with Crippen molar-refractivity contribution in [2.75, 3.05) is 13.6 Å². The number of aliphatic hydroxyl groups excluding tert-OH is 1. The number of ketones is 1. The van der Waals surface area contributed by atoms with Crippen molar-refractivity contribution < 1.29 is 9.90 Å². The Morgan fingerprint density at radius 2 is 2.00 bits per heavy atom. The fourth-order valence-corrected chi connectivity index (χ4v) is 1.12. The highest BCUT2D eigenvalue weighted by Gasteiger charge is 2.16. The Morgan fingerprint density at radius 1 is 1.50 bits per heavy atom. The smallest absolute Gasteiger partial charge is 0.149 e. The lowest BCUT2D eigenvalue weighted by Crippen LogP contribution is -2.39. The summed E-state index contributed by atoms with van der Waals surface area (Å²) in [5.74, 6) is 0.221. The van der Waals surface area contributed by atoms with Gasteiger partial charge < -0.3 is 5.11 Å². The summed E-state index contributed by atoms with van der Waals surface area (Å²) in [5, 5.41) is 9.07. The Morgan fingerprint density at radius 3 is 2.33 bits per heavy atom. The summed E-state index contributed by atoms with van der Waals surface area (Å²) >= 11 is 0. The molecule has 2 atom stereocenters. The minimum Gasteiger partial charge on any atom is -0.392 e. The summed E-state index contributed by atoms with van der Waals surface area (Å²) < 4.78 is 0. The highest BCUT2D eigenvalue weighted by atomic mass is 16.3. The van der Waals surface area contributed by atoms with Gasteiger partial charge in [-0.1, -0.05) is 6.92 Å². The van der Waals surface area contributed by atoms with Crippen LogP contribution >= 0.6 is 0 Å². The number of Topliss-reactive ketones (excluding diaryl/α,β-unsaturated/α-hetero) is 1. The topological polar surface area (TPSA) is 40.5 Å². The maximum atomic E-state index is 11.2. The van der Waals surface area contributed by atoms with Crippen molar-refractivity contribution in [1.29, 1.82) is 0 Å². The van der Waals surface area contributed by atoms with Gasteiger partial charge in [0.25, 0.3) is 0 Å². The molecule has 0 radical (unpaired) electrons. The number of hydrogen-bond acceptors (Lipinski definition) is 3. The van der Waals surface area contributed by atoms with Crippen LogP contribution in [0.25, 0.3) is 0 Å². The third-order valence-corrected chi connectivity index (χ3v) is 2.03. The monoisotopic (exact) mass is 173 g/mol. The third-order valence-electron chi connectivity index (χ3n) is 2.03. The number of nitrogens with zero attached hydrogens (tertiary/aromatic N) is 1. The van der Waals surface area contributed by atoms with Crippen molar-refractivity contribution in [3.63, 3.8) is 0 Å². The molecule has 0 saturated heterocycles. The lowest BCUT2D eigenvalue weighted by molar-refractivity contribution is -0.123. The molecule has 0 aromatic rings. The van der Waals surface area contributed by atoms with E-state index in [0.717, 1.165) is 0 Å². The molecular formula is C9H19NO2. The predicted octanol–water partition coefficient (Wildman–Crippen LogP) is 0.667. The van der Waals surface area contributed by atoms with Gasteiger partial charge in [-0.3, -0.25) is 9.69 Å². The minimum atomic E-state index is -0.373. The first-order valence-corrected chi connectivity index (χ1v) is 4.40.